The number of carbonyl (C=O) groups is 1. The second-order valence-electron chi connectivity index (χ2n) is 3.00. The Morgan fingerprint density at radius 1 is 1.43 bits per heavy atom. The van der Waals surface area contributed by atoms with Gasteiger partial charge in [0.05, 0.1) is 5.69 Å². The molecule has 0 aliphatic heterocycles. The molecule has 0 atom stereocenters. The highest BCUT2D eigenvalue weighted by molar-refractivity contribution is 5.86. The average molecular weight is 192 g/mol. The van der Waals surface area contributed by atoms with E-state index in [1.165, 1.54) is 0 Å². The lowest BCUT2D eigenvalue weighted by Crippen LogP contribution is -2.22. The third kappa shape index (κ3) is 1.90. The van der Waals surface area contributed by atoms with Gasteiger partial charge in [0.2, 0.25) is 0 Å². The maximum absolute atomic E-state index is 10.7. The van der Waals surface area contributed by atoms with Crippen LogP contribution in [0.4, 0.5) is 10.5 Å². The van der Waals surface area contributed by atoms with Gasteiger partial charge in [-0.1, -0.05) is 6.07 Å². The van der Waals surface area contributed by atoms with Gasteiger partial charge in [0, 0.05) is 6.72 Å². The van der Waals surface area contributed by atoms with Crippen molar-refractivity contribution in [1.82, 2.24) is 0 Å². The van der Waals surface area contributed by atoms with Crippen LogP contribution in [0.2, 0.25) is 0 Å². The molecule has 0 bridgehead atoms. The minimum atomic E-state index is -1.14. The summed E-state index contributed by atoms with van der Waals surface area (Å²) in [5.41, 5.74) is 2.65. The SMILES string of the molecule is C=NN(C(=O)O)c1ccc(C)c(C)c1. The normalized spacial score (nSPS) is 9.57. The molecule has 1 amide bonds. The van der Waals surface area contributed by atoms with Gasteiger partial charge in [0.1, 0.15) is 0 Å². The van der Waals surface area contributed by atoms with Gasteiger partial charge in [-0.05, 0) is 37.1 Å². The third-order valence-electron chi connectivity index (χ3n) is 2.06. The fourth-order valence-corrected chi connectivity index (χ4v) is 1.11. The van der Waals surface area contributed by atoms with Crippen molar-refractivity contribution in [2.45, 2.75) is 13.8 Å². The van der Waals surface area contributed by atoms with Gasteiger partial charge in [0.15, 0.2) is 0 Å². The topological polar surface area (TPSA) is 52.9 Å². The summed E-state index contributed by atoms with van der Waals surface area (Å²) >= 11 is 0. The van der Waals surface area contributed by atoms with Crippen molar-refractivity contribution in [3.05, 3.63) is 29.3 Å². The number of hydrogen-bond donors (Lipinski definition) is 1. The predicted molar refractivity (Wildman–Crippen MR) is 56.0 cm³/mol. The smallest absolute Gasteiger partial charge is 0.432 e. The van der Waals surface area contributed by atoms with Crippen LogP contribution in [0.5, 0.6) is 0 Å². The Kier molecular flexibility index (Phi) is 2.86. The van der Waals surface area contributed by atoms with Crippen LogP contribution in [0.1, 0.15) is 11.1 Å². The Balaban J connectivity index is 3.12. The van der Waals surface area contributed by atoms with Crippen molar-refractivity contribution in [3.8, 4) is 0 Å². The summed E-state index contributed by atoms with van der Waals surface area (Å²) in [6.07, 6.45) is -1.14. The van der Waals surface area contributed by atoms with Gasteiger partial charge in [0.25, 0.3) is 0 Å². The van der Waals surface area contributed by atoms with E-state index in [0.29, 0.717) is 5.69 Å². The molecule has 0 saturated heterocycles. The van der Waals surface area contributed by atoms with E-state index in [1.807, 2.05) is 19.9 Å². The first kappa shape index (κ1) is 10.2. The first-order valence-corrected chi connectivity index (χ1v) is 4.13. The predicted octanol–water partition coefficient (Wildman–Crippen LogP) is 2.40. The summed E-state index contributed by atoms with van der Waals surface area (Å²) < 4.78 is 0. The van der Waals surface area contributed by atoms with Crippen LogP contribution in [-0.2, 0) is 0 Å². The van der Waals surface area contributed by atoms with Crippen molar-refractivity contribution in [2.75, 3.05) is 5.01 Å². The lowest BCUT2D eigenvalue weighted by atomic mass is 10.1. The molecule has 0 unspecified atom stereocenters. The van der Waals surface area contributed by atoms with Crippen molar-refractivity contribution in [1.29, 1.82) is 0 Å². The summed E-state index contributed by atoms with van der Waals surface area (Å²) in [5, 5.41) is 13.0. The zero-order valence-corrected chi connectivity index (χ0v) is 8.19. The minimum absolute atomic E-state index is 0.510. The Morgan fingerprint density at radius 2 is 2.07 bits per heavy atom. The van der Waals surface area contributed by atoms with E-state index in [2.05, 4.69) is 11.8 Å². The largest absolute Gasteiger partial charge is 0.463 e. The molecule has 0 saturated carbocycles. The first-order chi connectivity index (χ1) is 6.56. The molecule has 1 N–H and O–H groups in total. The number of hydrogen-bond acceptors (Lipinski definition) is 2. The number of anilines is 1. The molecule has 0 aliphatic carbocycles. The Bertz CT molecular complexity index is 374. The monoisotopic (exact) mass is 192 g/mol. The molecular weight excluding hydrogens is 180 g/mol. The standard InChI is InChI=1S/C10H12N2O2/c1-7-4-5-9(6-8(7)2)12(11-3)10(13)14/h4-6H,3H2,1-2H3,(H,13,14). The zero-order chi connectivity index (χ0) is 10.7. The Labute approximate surface area is 82.5 Å². The highest BCUT2D eigenvalue weighted by Gasteiger charge is 2.12. The molecule has 0 spiro atoms. The summed E-state index contributed by atoms with van der Waals surface area (Å²) in [7, 11) is 0. The van der Waals surface area contributed by atoms with Crippen LogP contribution < -0.4 is 5.01 Å². The highest BCUT2D eigenvalue weighted by atomic mass is 16.4. The Morgan fingerprint density at radius 3 is 2.50 bits per heavy atom. The number of hydrazone groups is 1. The van der Waals surface area contributed by atoms with Gasteiger partial charge in [-0.15, -0.1) is 0 Å². The third-order valence-corrected chi connectivity index (χ3v) is 2.06. The number of nitrogens with zero attached hydrogens (tertiary/aromatic N) is 2. The molecule has 0 aromatic heterocycles. The van der Waals surface area contributed by atoms with Gasteiger partial charge in [-0.25, -0.2) is 4.79 Å². The molecule has 1 aromatic rings. The number of amides is 1. The summed E-state index contributed by atoms with van der Waals surface area (Å²) in [6, 6.07) is 5.31. The maximum Gasteiger partial charge on any atom is 0.432 e. The molecular formula is C10H12N2O2. The lowest BCUT2D eigenvalue weighted by Gasteiger charge is -2.13. The second-order valence-corrected chi connectivity index (χ2v) is 3.00. The number of benzene rings is 1. The second kappa shape index (κ2) is 3.91. The molecule has 1 rings (SSSR count). The molecule has 1 aromatic carbocycles. The van der Waals surface area contributed by atoms with E-state index < -0.39 is 6.09 Å². The van der Waals surface area contributed by atoms with E-state index in [1.54, 1.807) is 12.1 Å². The van der Waals surface area contributed by atoms with Crippen LogP contribution in [-0.4, -0.2) is 17.9 Å². The molecule has 0 heterocycles. The highest BCUT2D eigenvalue weighted by Crippen LogP contribution is 2.18. The van der Waals surface area contributed by atoms with E-state index in [4.69, 9.17) is 5.11 Å². The number of aryl methyl sites for hydroxylation is 2. The summed E-state index contributed by atoms with van der Waals surface area (Å²) in [5.74, 6) is 0. The van der Waals surface area contributed by atoms with Crippen LogP contribution in [0.3, 0.4) is 0 Å². The van der Waals surface area contributed by atoms with E-state index in [0.717, 1.165) is 16.1 Å². The maximum atomic E-state index is 10.7. The van der Waals surface area contributed by atoms with Crippen molar-refractivity contribution < 1.29 is 9.90 Å². The Hall–Kier alpha value is -1.84. The summed E-state index contributed by atoms with van der Waals surface area (Å²) in [4.78, 5) is 10.7. The van der Waals surface area contributed by atoms with Crippen molar-refractivity contribution >= 4 is 18.5 Å². The molecule has 0 radical (unpaired) electrons. The number of carboxylic acid groups (broad SMARTS) is 1. The number of rotatable bonds is 2. The average Bonchev–Trinajstić information content (AvgIpc) is 2.11. The quantitative estimate of drug-likeness (QED) is 0.577. The lowest BCUT2D eigenvalue weighted by molar-refractivity contribution is 0.202. The molecule has 74 valence electrons. The van der Waals surface area contributed by atoms with E-state index in [9.17, 15) is 4.79 Å². The first-order valence-electron chi connectivity index (χ1n) is 4.13. The van der Waals surface area contributed by atoms with Crippen molar-refractivity contribution in [3.63, 3.8) is 0 Å². The van der Waals surface area contributed by atoms with E-state index in [-0.39, 0.29) is 0 Å². The molecule has 14 heavy (non-hydrogen) atoms. The fraction of sp³-hybridized carbons (Fsp3) is 0.200. The zero-order valence-electron chi connectivity index (χ0n) is 8.19. The molecule has 4 heteroatoms. The van der Waals surface area contributed by atoms with Gasteiger partial charge >= 0.3 is 6.09 Å². The van der Waals surface area contributed by atoms with Crippen LogP contribution in [0.15, 0.2) is 23.3 Å². The molecule has 4 nitrogen and oxygen atoms in total. The minimum Gasteiger partial charge on any atom is -0.463 e. The van der Waals surface area contributed by atoms with E-state index >= 15 is 0 Å². The van der Waals surface area contributed by atoms with Crippen LogP contribution >= 0.6 is 0 Å². The van der Waals surface area contributed by atoms with Crippen molar-refractivity contribution in [2.24, 2.45) is 5.10 Å². The fourth-order valence-electron chi connectivity index (χ4n) is 1.11. The van der Waals surface area contributed by atoms with Gasteiger partial charge in [-0.2, -0.15) is 10.1 Å². The van der Waals surface area contributed by atoms with Gasteiger partial charge in [-0.3, -0.25) is 0 Å². The summed E-state index contributed by atoms with van der Waals surface area (Å²) in [6.45, 7) is 7.09. The van der Waals surface area contributed by atoms with Crippen LogP contribution in [0.25, 0.3) is 0 Å². The molecule has 0 fully saturated rings. The van der Waals surface area contributed by atoms with Gasteiger partial charge < -0.3 is 5.11 Å². The van der Waals surface area contributed by atoms with Crippen LogP contribution in [0, 0.1) is 13.8 Å². The molecule has 0 aliphatic rings.